The molecule has 0 radical (unpaired) electrons. The molecule has 2 aliphatic rings. The van der Waals surface area contributed by atoms with Crippen LogP contribution >= 0.6 is 12.4 Å². The smallest absolute Gasteiger partial charge is 0.253 e. The maximum atomic E-state index is 13.0. The predicted octanol–water partition coefficient (Wildman–Crippen LogP) is 2.81. The van der Waals surface area contributed by atoms with Crippen molar-refractivity contribution < 1.29 is 9.59 Å². The quantitative estimate of drug-likeness (QED) is 0.863. The predicted molar refractivity (Wildman–Crippen MR) is 113 cm³/mol. The van der Waals surface area contributed by atoms with E-state index in [0.29, 0.717) is 18.7 Å². The van der Waals surface area contributed by atoms with Gasteiger partial charge in [0.25, 0.3) is 5.91 Å². The molecule has 2 amide bonds. The van der Waals surface area contributed by atoms with E-state index in [2.05, 4.69) is 17.4 Å². The SMILES string of the molecule is Cl.O=C(c1ccc(-c2ccccc2)cc1)N1CCCC(N2CCNCC2=O)C1. The Balaban J connectivity index is 0.00000225. The van der Waals surface area contributed by atoms with E-state index < -0.39 is 0 Å². The fourth-order valence-electron chi connectivity index (χ4n) is 4.02. The Morgan fingerprint density at radius 2 is 1.68 bits per heavy atom. The third-order valence-electron chi connectivity index (χ3n) is 5.49. The monoisotopic (exact) mass is 399 g/mol. The molecule has 148 valence electrons. The number of nitrogens with zero attached hydrogens (tertiary/aromatic N) is 2. The zero-order chi connectivity index (χ0) is 18.6. The van der Waals surface area contributed by atoms with Gasteiger partial charge >= 0.3 is 0 Å². The van der Waals surface area contributed by atoms with Gasteiger partial charge in [-0.25, -0.2) is 0 Å². The second kappa shape index (κ2) is 9.22. The Kier molecular flexibility index (Phi) is 6.70. The molecular formula is C22H26ClN3O2. The molecule has 5 nitrogen and oxygen atoms in total. The molecule has 2 aromatic rings. The first-order valence-corrected chi connectivity index (χ1v) is 9.67. The van der Waals surface area contributed by atoms with Crippen molar-refractivity contribution in [1.29, 1.82) is 0 Å². The van der Waals surface area contributed by atoms with Gasteiger partial charge < -0.3 is 15.1 Å². The van der Waals surface area contributed by atoms with Gasteiger partial charge in [0, 0.05) is 37.8 Å². The van der Waals surface area contributed by atoms with Crippen LogP contribution in [0, 0.1) is 0 Å². The summed E-state index contributed by atoms with van der Waals surface area (Å²) in [7, 11) is 0. The lowest BCUT2D eigenvalue weighted by Gasteiger charge is -2.41. The summed E-state index contributed by atoms with van der Waals surface area (Å²) in [6, 6.07) is 18.1. The summed E-state index contributed by atoms with van der Waals surface area (Å²) in [6.07, 6.45) is 1.91. The average Bonchev–Trinajstić information content (AvgIpc) is 2.74. The van der Waals surface area contributed by atoms with Gasteiger partial charge in [-0.3, -0.25) is 9.59 Å². The van der Waals surface area contributed by atoms with Crippen LogP contribution in [-0.2, 0) is 4.79 Å². The van der Waals surface area contributed by atoms with Crippen LogP contribution in [-0.4, -0.2) is 60.4 Å². The van der Waals surface area contributed by atoms with Crippen LogP contribution in [0.1, 0.15) is 23.2 Å². The number of piperidine rings is 1. The second-order valence-electron chi connectivity index (χ2n) is 7.25. The minimum atomic E-state index is 0. The number of halogens is 1. The summed E-state index contributed by atoms with van der Waals surface area (Å²) in [6.45, 7) is 3.36. The molecule has 0 aliphatic carbocycles. The number of benzene rings is 2. The van der Waals surface area contributed by atoms with Crippen LogP contribution in [0.4, 0.5) is 0 Å². The summed E-state index contributed by atoms with van der Waals surface area (Å²) in [5.74, 6) is 0.203. The van der Waals surface area contributed by atoms with Gasteiger partial charge in [0.1, 0.15) is 0 Å². The van der Waals surface area contributed by atoms with Crippen molar-refractivity contribution in [3.05, 3.63) is 60.2 Å². The van der Waals surface area contributed by atoms with Crippen LogP contribution in [0.2, 0.25) is 0 Å². The summed E-state index contributed by atoms with van der Waals surface area (Å²) >= 11 is 0. The average molecular weight is 400 g/mol. The zero-order valence-electron chi connectivity index (χ0n) is 15.8. The lowest BCUT2D eigenvalue weighted by Crippen LogP contribution is -2.57. The number of nitrogens with one attached hydrogen (secondary N) is 1. The molecule has 0 saturated carbocycles. The first-order valence-electron chi connectivity index (χ1n) is 9.67. The molecular weight excluding hydrogens is 374 g/mol. The number of hydrogen-bond acceptors (Lipinski definition) is 3. The molecule has 2 heterocycles. The minimum absolute atomic E-state index is 0. The molecule has 1 atom stereocenters. The standard InChI is InChI=1S/C22H25N3O2.ClH/c26-21-15-23-12-14-25(21)20-7-4-13-24(16-20)22(27)19-10-8-18(9-11-19)17-5-2-1-3-6-17;/h1-3,5-6,8-11,20,23H,4,7,12-16H2;1H. The summed E-state index contributed by atoms with van der Waals surface area (Å²) in [5, 5.41) is 3.11. The highest BCUT2D eigenvalue weighted by atomic mass is 35.5. The highest BCUT2D eigenvalue weighted by molar-refractivity contribution is 5.95. The Hall–Kier alpha value is -2.37. The Morgan fingerprint density at radius 1 is 0.964 bits per heavy atom. The van der Waals surface area contributed by atoms with Crippen LogP contribution in [0.3, 0.4) is 0 Å². The highest BCUT2D eigenvalue weighted by Gasteiger charge is 2.31. The maximum absolute atomic E-state index is 13.0. The molecule has 0 spiro atoms. The number of carbonyl (C=O) groups is 2. The molecule has 28 heavy (non-hydrogen) atoms. The number of likely N-dealkylation sites (tertiary alicyclic amines) is 1. The van der Waals surface area contributed by atoms with E-state index in [1.54, 1.807) is 0 Å². The van der Waals surface area contributed by atoms with Gasteiger partial charge in [0.05, 0.1) is 6.54 Å². The van der Waals surface area contributed by atoms with E-state index in [0.717, 1.165) is 43.6 Å². The Bertz CT molecular complexity index is 810. The molecule has 0 bridgehead atoms. The van der Waals surface area contributed by atoms with Gasteiger partial charge in [0.2, 0.25) is 5.91 Å². The van der Waals surface area contributed by atoms with Crippen LogP contribution in [0.5, 0.6) is 0 Å². The van der Waals surface area contributed by atoms with Crippen LogP contribution in [0.15, 0.2) is 54.6 Å². The molecule has 0 aromatic heterocycles. The highest BCUT2D eigenvalue weighted by Crippen LogP contribution is 2.22. The first kappa shape index (κ1) is 20.4. The van der Waals surface area contributed by atoms with Gasteiger partial charge in [-0.05, 0) is 36.1 Å². The Morgan fingerprint density at radius 3 is 2.39 bits per heavy atom. The van der Waals surface area contributed by atoms with E-state index in [-0.39, 0.29) is 30.3 Å². The molecule has 1 N–H and O–H groups in total. The summed E-state index contributed by atoms with van der Waals surface area (Å²) in [5.41, 5.74) is 2.96. The van der Waals surface area contributed by atoms with E-state index in [1.165, 1.54) is 0 Å². The van der Waals surface area contributed by atoms with E-state index >= 15 is 0 Å². The number of amides is 2. The van der Waals surface area contributed by atoms with Crippen molar-refractivity contribution in [1.82, 2.24) is 15.1 Å². The fraction of sp³-hybridized carbons (Fsp3) is 0.364. The van der Waals surface area contributed by atoms with E-state index in [4.69, 9.17) is 0 Å². The lowest BCUT2D eigenvalue weighted by molar-refractivity contribution is -0.135. The van der Waals surface area contributed by atoms with Gasteiger partial charge in [-0.15, -0.1) is 12.4 Å². The second-order valence-corrected chi connectivity index (χ2v) is 7.25. The molecule has 4 rings (SSSR count). The van der Waals surface area contributed by atoms with Crippen LogP contribution < -0.4 is 5.32 Å². The topological polar surface area (TPSA) is 52.7 Å². The molecule has 2 aliphatic heterocycles. The van der Waals surface area contributed by atoms with Crippen molar-refractivity contribution in [3.63, 3.8) is 0 Å². The lowest BCUT2D eigenvalue weighted by atomic mass is 10.0. The summed E-state index contributed by atoms with van der Waals surface area (Å²) in [4.78, 5) is 29.0. The van der Waals surface area contributed by atoms with E-state index in [9.17, 15) is 9.59 Å². The third kappa shape index (κ3) is 4.37. The van der Waals surface area contributed by atoms with Crippen molar-refractivity contribution in [2.24, 2.45) is 0 Å². The minimum Gasteiger partial charge on any atom is -0.337 e. The third-order valence-corrected chi connectivity index (χ3v) is 5.49. The molecule has 1 unspecified atom stereocenters. The summed E-state index contributed by atoms with van der Waals surface area (Å²) < 4.78 is 0. The van der Waals surface area contributed by atoms with E-state index in [1.807, 2.05) is 52.3 Å². The van der Waals surface area contributed by atoms with Gasteiger partial charge in [-0.1, -0.05) is 42.5 Å². The van der Waals surface area contributed by atoms with Gasteiger partial charge in [-0.2, -0.15) is 0 Å². The van der Waals surface area contributed by atoms with Crippen LogP contribution in [0.25, 0.3) is 11.1 Å². The van der Waals surface area contributed by atoms with Gasteiger partial charge in [0.15, 0.2) is 0 Å². The molecule has 2 fully saturated rings. The molecule has 2 saturated heterocycles. The van der Waals surface area contributed by atoms with Crippen molar-refractivity contribution in [2.45, 2.75) is 18.9 Å². The zero-order valence-corrected chi connectivity index (χ0v) is 16.7. The number of carbonyl (C=O) groups excluding carboxylic acids is 2. The number of rotatable bonds is 3. The Labute approximate surface area is 172 Å². The van der Waals surface area contributed by atoms with Crippen molar-refractivity contribution in [3.8, 4) is 11.1 Å². The largest absolute Gasteiger partial charge is 0.337 e. The molecule has 2 aromatic carbocycles. The normalized spacial score (nSPS) is 19.9. The molecule has 6 heteroatoms. The first-order chi connectivity index (χ1) is 13.2. The van der Waals surface area contributed by atoms with Crippen molar-refractivity contribution >= 4 is 24.2 Å². The van der Waals surface area contributed by atoms with Crippen molar-refractivity contribution in [2.75, 3.05) is 32.7 Å². The number of piperazine rings is 1. The maximum Gasteiger partial charge on any atom is 0.253 e. The fourth-order valence-corrected chi connectivity index (χ4v) is 4.02. The number of hydrogen-bond donors (Lipinski definition) is 1.